The first-order chi connectivity index (χ1) is 13.6. The van der Waals surface area contributed by atoms with E-state index in [2.05, 4.69) is 5.32 Å². The van der Waals surface area contributed by atoms with Crippen LogP contribution in [0.5, 0.6) is 0 Å². The molecule has 1 heterocycles. The van der Waals surface area contributed by atoms with Gasteiger partial charge < -0.3 is 14.5 Å². The van der Waals surface area contributed by atoms with Gasteiger partial charge in [-0.15, -0.1) is 0 Å². The van der Waals surface area contributed by atoms with Gasteiger partial charge in [0.1, 0.15) is 5.58 Å². The molecule has 5 nitrogen and oxygen atoms in total. The van der Waals surface area contributed by atoms with Gasteiger partial charge in [-0.05, 0) is 35.0 Å². The summed E-state index contributed by atoms with van der Waals surface area (Å²) in [7, 11) is 1.30. The molecule has 1 aromatic heterocycles. The lowest BCUT2D eigenvalue weighted by molar-refractivity contribution is -0.115. The molecule has 0 saturated heterocycles. The number of carbonyl (C=O) groups is 2. The van der Waals surface area contributed by atoms with Crippen molar-refractivity contribution in [1.29, 1.82) is 0 Å². The molecule has 0 unspecified atom stereocenters. The number of halogens is 1. The van der Waals surface area contributed by atoms with Crippen molar-refractivity contribution >= 4 is 50.9 Å². The van der Waals surface area contributed by atoms with Gasteiger partial charge in [-0.2, -0.15) is 0 Å². The summed E-state index contributed by atoms with van der Waals surface area (Å²) in [5.74, 6) is -0.765. The van der Waals surface area contributed by atoms with Crippen LogP contribution >= 0.6 is 11.6 Å². The molecule has 0 saturated carbocycles. The Hall–Kier alpha value is -3.31. The van der Waals surface area contributed by atoms with Gasteiger partial charge in [0, 0.05) is 10.9 Å². The van der Waals surface area contributed by atoms with Gasteiger partial charge in [-0.25, -0.2) is 4.79 Å². The molecule has 0 aliphatic rings. The van der Waals surface area contributed by atoms with E-state index in [9.17, 15) is 9.59 Å². The van der Waals surface area contributed by atoms with E-state index in [1.165, 1.54) is 13.2 Å². The molecular formula is C22H16ClNO4. The zero-order valence-electron chi connectivity index (χ0n) is 15.0. The standard InChI is InChI=1S/C22H16ClNO4/c1-27-22(26)14-6-8-17(23)18(10-14)24-20(25)11-15-12-28-19-9-7-13-4-2-3-5-16(13)21(15)19/h2-10,12H,11H2,1H3,(H,24,25). The number of amides is 1. The molecule has 0 aliphatic carbocycles. The normalized spacial score (nSPS) is 10.9. The Morgan fingerprint density at radius 3 is 2.75 bits per heavy atom. The monoisotopic (exact) mass is 393 g/mol. The average Bonchev–Trinajstić information content (AvgIpc) is 3.12. The van der Waals surface area contributed by atoms with Crippen LogP contribution in [-0.2, 0) is 16.0 Å². The van der Waals surface area contributed by atoms with Crippen LogP contribution in [-0.4, -0.2) is 19.0 Å². The fraction of sp³-hybridized carbons (Fsp3) is 0.0909. The van der Waals surface area contributed by atoms with Crippen molar-refractivity contribution in [2.24, 2.45) is 0 Å². The predicted octanol–water partition coefficient (Wildman–Crippen LogP) is 5.21. The number of hydrogen-bond donors (Lipinski definition) is 1. The fourth-order valence-corrected chi connectivity index (χ4v) is 3.40. The van der Waals surface area contributed by atoms with Crippen molar-refractivity contribution in [1.82, 2.24) is 0 Å². The number of nitrogens with one attached hydrogen (secondary N) is 1. The summed E-state index contributed by atoms with van der Waals surface area (Å²) in [6.45, 7) is 0. The third kappa shape index (κ3) is 3.32. The highest BCUT2D eigenvalue weighted by molar-refractivity contribution is 6.34. The summed E-state index contributed by atoms with van der Waals surface area (Å²) < 4.78 is 10.3. The third-order valence-corrected chi connectivity index (χ3v) is 4.88. The maximum atomic E-state index is 12.6. The van der Waals surface area contributed by atoms with Crippen LogP contribution in [0.1, 0.15) is 15.9 Å². The first-order valence-electron chi connectivity index (χ1n) is 8.62. The van der Waals surface area contributed by atoms with Gasteiger partial charge in [0.15, 0.2) is 0 Å². The van der Waals surface area contributed by atoms with Crippen LogP contribution in [0.3, 0.4) is 0 Å². The van der Waals surface area contributed by atoms with Gasteiger partial charge in [-0.1, -0.05) is 41.9 Å². The number of methoxy groups -OCH3 is 1. The summed E-state index contributed by atoms with van der Waals surface area (Å²) in [5.41, 5.74) is 2.17. The van der Waals surface area contributed by atoms with Gasteiger partial charge in [-0.3, -0.25) is 4.79 Å². The van der Waals surface area contributed by atoms with Gasteiger partial charge >= 0.3 is 5.97 Å². The Kier molecular flexibility index (Phi) is 4.75. The van der Waals surface area contributed by atoms with E-state index in [-0.39, 0.29) is 12.3 Å². The van der Waals surface area contributed by atoms with E-state index < -0.39 is 5.97 Å². The molecule has 0 fully saturated rings. The molecule has 3 aromatic carbocycles. The average molecular weight is 394 g/mol. The Labute approximate surface area is 165 Å². The minimum absolute atomic E-state index is 0.111. The lowest BCUT2D eigenvalue weighted by Gasteiger charge is -2.09. The first-order valence-corrected chi connectivity index (χ1v) is 9.00. The molecule has 0 atom stereocenters. The molecule has 4 rings (SSSR count). The smallest absolute Gasteiger partial charge is 0.337 e. The Morgan fingerprint density at radius 2 is 1.93 bits per heavy atom. The van der Waals surface area contributed by atoms with Crippen molar-refractivity contribution in [2.45, 2.75) is 6.42 Å². The second kappa shape index (κ2) is 7.37. The minimum Gasteiger partial charge on any atom is -0.465 e. The van der Waals surface area contributed by atoms with Gasteiger partial charge in [0.05, 0.1) is 36.1 Å². The molecule has 1 N–H and O–H groups in total. The number of benzene rings is 3. The number of rotatable bonds is 4. The van der Waals surface area contributed by atoms with Crippen molar-refractivity contribution in [3.8, 4) is 0 Å². The molecule has 0 bridgehead atoms. The Bertz CT molecular complexity index is 1210. The topological polar surface area (TPSA) is 68.5 Å². The summed E-state index contributed by atoms with van der Waals surface area (Å²) in [4.78, 5) is 24.3. The van der Waals surface area contributed by atoms with E-state index in [1.807, 2.05) is 36.4 Å². The number of hydrogen-bond acceptors (Lipinski definition) is 4. The van der Waals surface area contributed by atoms with E-state index in [0.29, 0.717) is 16.3 Å². The molecule has 0 radical (unpaired) electrons. The maximum absolute atomic E-state index is 12.6. The van der Waals surface area contributed by atoms with Gasteiger partial charge in [0.2, 0.25) is 5.91 Å². The number of ether oxygens (including phenoxy) is 1. The van der Waals surface area contributed by atoms with Gasteiger partial charge in [0.25, 0.3) is 0 Å². The number of carbonyl (C=O) groups excluding carboxylic acids is 2. The lowest BCUT2D eigenvalue weighted by atomic mass is 10.0. The number of fused-ring (bicyclic) bond motifs is 3. The van der Waals surface area contributed by atoms with E-state index in [1.54, 1.807) is 18.4 Å². The summed E-state index contributed by atoms with van der Waals surface area (Å²) in [5, 5.41) is 6.12. The first kappa shape index (κ1) is 18.1. The highest BCUT2D eigenvalue weighted by Crippen LogP contribution is 2.30. The van der Waals surface area contributed by atoms with Crippen molar-refractivity contribution < 1.29 is 18.7 Å². The SMILES string of the molecule is COC(=O)c1ccc(Cl)c(NC(=O)Cc2coc3ccc4ccccc4c23)c1. The zero-order valence-corrected chi connectivity index (χ0v) is 15.7. The summed E-state index contributed by atoms with van der Waals surface area (Å²) in [6, 6.07) is 16.4. The maximum Gasteiger partial charge on any atom is 0.337 e. The van der Waals surface area contributed by atoms with Crippen LogP contribution in [0.2, 0.25) is 5.02 Å². The molecule has 1 amide bonds. The van der Waals surface area contributed by atoms with Crippen LogP contribution in [0.15, 0.2) is 65.3 Å². The molecule has 6 heteroatoms. The summed E-state index contributed by atoms with van der Waals surface area (Å²) >= 11 is 6.16. The highest BCUT2D eigenvalue weighted by atomic mass is 35.5. The minimum atomic E-state index is -0.500. The van der Waals surface area contributed by atoms with Crippen LogP contribution in [0, 0.1) is 0 Å². The van der Waals surface area contributed by atoms with E-state index in [4.69, 9.17) is 20.8 Å². The van der Waals surface area contributed by atoms with E-state index >= 15 is 0 Å². The number of furan rings is 1. The third-order valence-electron chi connectivity index (χ3n) is 4.55. The Morgan fingerprint density at radius 1 is 1.11 bits per heavy atom. The largest absolute Gasteiger partial charge is 0.465 e. The fourth-order valence-electron chi connectivity index (χ4n) is 3.24. The lowest BCUT2D eigenvalue weighted by Crippen LogP contribution is -2.15. The van der Waals surface area contributed by atoms with Crippen molar-refractivity contribution in [3.63, 3.8) is 0 Å². The Balaban J connectivity index is 1.63. The van der Waals surface area contributed by atoms with Crippen molar-refractivity contribution in [3.05, 3.63) is 77.0 Å². The molecule has 4 aromatic rings. The molecule has 0 aliphatic heterocycles. The second-order valence-corrected chi connectivity index (χ2v) is 6.74. The number of anilines is 1. The highest BCUT2D eigenvalue weighted by Gasteiger charge is 2.15. The van der Waals surface area contributed by atoms with E-state index in [0.717, 1.165) is 27.3 Å². The molecular weight excluding hydrogens is 378 g/mol. The van der Waals surface area contributed by atoms with Crippen LogP contribution in [0.4, 0.5) is 5.69 Å². The molecule has 140 valence electrons. The zero-order chi connectivity index (χ0) is 19.7. The summed E-state index contributed by atoms with van der Waals surface area (Å²) in [6.07, 6.45) is 1.71. The second-order valence-electron chi connectivity index (χ2n) is 6.33. The molecule has 28 heavy (non-hydrogen) atoms. The quantitative estimate of drug-likeness (QED) is 0.483. The van der Waals surface area contributed by atoms with Crippen molar-refractivity contribution in [2.75, 3.05) is 12.4 Å². The molecule has 0 spiro atoms. The van der Waals surface area contributed by atoms with Crippen LogP contribution in [0.25, 0.3) is 21.7 Å². The predicted molar refractivity (Wildman–Crippen MR) is 109 cm³/mol. The van der Waals surface area contributed by atoms with Crippen LogP contribution < -0.4 is 5.32 Å². The number of esters is 1.